The Hall–Kier alpha value is -4.16. The van der Waals surface area contributed by atoms with Crippen LogP contribution in [-0.4, -0.2) is 44.0 Å². The van der Waals surface area contributed by atoms with Gasteiger partial charge in [0, 0.05) is 29.0 Å². The fourth-order valence-electron chi connectivity index (χ4n) is 5.93. The van der Waals surface area contributed by atoms with E-state index in [0.29, 0.717) is 42.4 Å². The normalized spacial score (nSPS) is 15.0. The molecule has 0 amide bonds. The first kappa shape index (κ1) is 30.8. The van der Waals surface area contributed by atoms with Crippen LogP contribution in [0.4, 0.5) is 5.69 Å². The van der Waals surface area contributed by atoms with Gasteiger partial charge in [0.2, 0.25) is 5.88 Å². The molecule has 11 heteroatoms. The third kappa shape index (κ3) is 6.76. The number of benzene rings is 4. The van der Waals surface area contributed by atoms with Crippen LogP contribution in [0.5, 0.6) is 5.75 Å². The minimum atomic E-state index is -4.14. The number of aryl methyl sites for hydroxylation is 1. The average molecular weight is 648 g/mol. The summed E-state index contributed by atoms with van der Waals surface area (Å²) in [6, 6.07) is 23.6. The SMILES string of the molecule is CCC(/C=C1\Oc2ccc3ccccc3c2N1CCCS(=O)(=O)O)=C\c1oc2ccc3ccccc3c2c1CCCS(=O)(=O)O. The molecule has 0 aliphatic carbocycles. The van der Waals surface area contributed by atoms with E-state index in [-0.39, 0.29) is 24.3 Å². The van der Waals surface area contributed by atoms with Crippen LogP contribution in [0.1, 0.15) is 37.5 Å². The van der Waals surface area contributed by atoms with Gasteiger partial charge >= 0.3 is 0 Å². The van der Waals surface area contributed by atoms with E-state index < -0.39 is 20.2 Å². The zero-order valence-corrected chi connectivity index (χ0v) is 26.3. The van der Waals surface area contributed by atoms with Gasteiger partial charge in [-0.3, -0.25) is 9.11 Å². The Morgan fingerprint density at radius 3 is 2.18 bits per heavy atom. The van der Waals surface area contributed by atoms with Crippen molar-refractivity contribution in [1.29, 1.82) is 0 Å². The van der Waals surface area contributed by atoms with Crippen molar-refractivity contribution in [2.75, 3.05) is 23.0 Å². The highest BCUT2D eigenvalue weighted by molar-refractivity contribution is 7.86. The second kappa shape index (κ2) is 12.3. The highest BCUT2D eigenvalue weighted by Gasteiger charge is 2.29. The molecule has 2 heterocycles. The smallest absolute Gasteiger partial charge is 0.264 e. The van der Waals surface area contributed by atoms with Crippen molar-refractivity contribution in [2.45, 2.75) is 32.6 Å². The quantitative estimate of drug-likeness (QED) is 0.141. The third-order valence-corrected chi connectivity index (χ3v) is 9.58. The van der Waals surface area contributed by atoms with E-state index in [2.05, 4.69) is 0 Å². The minimum absolute atomic E-state index is 0.182. The molecule has 0 fully saturated rings. The van der Waals surface area contributed by atoms with Gasteiger partial charge in [-0.25, -0.2) is 0 Å². The van der Waals surface area contributed by atoms with E-state index in [1.54, 1.807) is 0 Å². The van der Waals surface area contributed by atoms with Crippen molar-refractivity contribution in [3.05, 3.63) is 102 Å². The molecule has 0 unspecified atom stereocenters. The van der Waals surface area contributed by atoms with Crippen LogP contribution >= 0.6 is 0 Å². The van der Waals surface area contributed by atoms with Crippen LogP contribution in [0.15, 0.2) is 94.7 Å². The van der Waals surface area contributed by atoms with Gasteiger partial charge in [-0.1, -0.05) is 67.6 Å². The maximum absolute atomic E-state index is 11.5. The lowest BCUT2D eigenvalue weighted by molar-refractivity contribution is 0.436. The van der Waals surface area contributed by atoms with Crippen LogP contribution in [-0.2, 0) is 26.7 Å². The van der Waals surface area contributed by atoms with Gasteiger partial charge in [0.15, 0.2) is 5.75 Å². The number of fused-ring (bicyclic) bond motifs is 6. The molecule has 1 aliphatic heterocycles. The maximum atomic E-state index is 11.5. The van der Waals surface area contributed by atoms with E-state index in [9.17, 15) is 25.9 Å². The summed E-state index contributed by atoms with van der Waals surface area (Å²) in [4.78, 5) is 1.94. The summed E-state index contributed by atoms with van der Waals surface area (Å²) in [7, 11) is -8.26. The van der Waals surface area contributed by atoms with Gasteiger partial charge in [-0.2, -0.15) is 16.8 Å². The second-order valence-electron chi connectivity index (χ2n) is 11.1. The molecule has 0 bridgehead atoms. The molecule has 234 valence electrons. The van der Waals surface area contributed by atoms with Crippen LogP contribution in [0.25, 0.3) is 38.6 Å². The molecule has 0 spiro atoms. The predicted molar refractivity (Wildman–Crippen MR) is 178 cm³/mol. The lowest BCUT2D eigenvalue weighted by Gasteiger charge is -2.19. The van der Waals surface area contributed by atoms with E-state index in [4.69, 9.17) is 9.15 Å². The van der Waals surface area contributed by atoms with Crippen LogP contribution in [0.3, 0.4) is 0 Å². The molecule has 0 atom stereocenters. The summed E-state index contributed by atoms with van der Waals surface area (Å²) >= 11 is 0. The van der Waals surface area contributed by atoms with Crippen LogP contribution in [0.2, 0.25) is 0 Å². The molecular formula is C34H33NO8S2. The highest BCUT2D eigenvalue weighted by Crippen LogP contribution is 2.45. The standard InChI is InChI=1S/C34H33NO8S2/c1-2-23(21-31-28(13-7-19-44(36,37)38)33-26-11-5-3-9-24(26)14-16-29(33)42-31)22-32-35(18-8-20-45(39,40)41)34-27-12-6-4-10-25(27)15-17-30(34)43-32/h3-6,9-12,14-17,21-22H,2,7-8,13,18-20H2,1H3,(H,36,37,38)(H,39,40,41)/b23-21+,32-22-. The van der Waals surface area contributed by atoms with Gasteiger partial charge in [0.25, 0.3) is 20.2 Å². The lowest BCUT2D eigenvalue weighted by Crippen LogP contribution is -2.24. The van der Waals surface area contributed by atoms with Crippen molar-refractivity contribution < 1.29 is 35.1 Å². The summed E-state index contributed by atoms with van der Waals surface area (Å²) in [5.41, 5.74) is 3.21. The predicted octanol–water partition coefficient (Wildman–Crippen LogP) is 7.37. The second-order valence-corrected chi connectivity index (χ2v) is 14.2. The van der Waals surface area contributed by atoms with Crippen molar-refractivity contribution >= 4 is 64.5 Å². The van der Waals surface area contributed by atoms with Gasteiger partial charge in [-0.15, -0.1) is 0 Å². The number of hydrogen-bond acceptors (Lipinski definition) is 7. The number of furan rings is 1. The summed E-state index contributed by atoms with van der Waals surface area (Å²) < 4.78 is 77.5. The van der Waals surface area contributed by atoms with Crippen LogP contribution in [0, 0.1) is 0 Å². The molecule has 1 aliphatic rings. The Labute approximate surface area is 261 Å². The average Bonchev–Trinajstić information content (AvgIpc) is 3.53. The molecule has 9 nitrogen and oxygen atoms in total. The Balaban J connectivity index is 1.44. The van der Waals surface area contributed by atoms with Gasteiger partial charge in [0.1, 0.15) is 11.3 Å². The number of allylic oxidation sites excluding steroid dienone is 2. The van der Waals surface area contributed by atoms with E-state index in [1.807, 2.05) is 96.8 Å². The number of rotatable bonds is 11. The summed E-state index contributed by atoms with van der Waals surface area (Å²) in [5, 5.41) is 4.89. The van der Waals surface area contributed by atoms with Gasteiger partial charge < -0.3 is 14.1 Å². The minimum Gasteiger partial charge on any atom is -0.456 e. The monoisotopic (exact) mass is 647 g/mol. The maximum Gasteiger partial charge on any atom is 0.264 e. The molecule has 0 saturated carbocycles. The zero-order valence-electron chi connectivity index (χ0n) is 24.6. The summed E-state index contributed by atoms with van der Waals surface area (Å²) in [6.07, 6.45) is 5.19. The molecule has 5 aromatic rings. The van der Waals surface area contributed by atoms with Crippen molar-refractivity contribution in [1.82, 2.24) is 0 Å². The largest absolute Gasteiger partial charge is 0.456 e. The molecule has 6 rings (SSSR count). The Morgan fingerprint density at radius 2 is 1.47 bits per heavy atom. The fraction of sp³-hybridized carbons (Fsp3) is 0.235. The van der Waals surface area contributed by atoms with Crippen molar-refractivity contribution in [2.24, 2.45) is 0 Å². The van der Waals surface area contributed by atoms with Crippen molar-refractivity contribution in [3.63, 3.8) is 0 Å². The molecule has 45 heavy (non-hydrogen) atoms. The van der Waals surface area contributed by atoms with Crippen molar-refractivity contribution in [3.8, 4) is 5.75 Å². The molecule has 1 aromatic heterocycles. The first-order valence-electron chi connectivity index (χ1n) is 14.7. The fourth-order valence-corrected chi connectivity index (χ4v) is 6.93. The Bertz CT molecular complexity index is 2200. The zero-order chi connectivity index (χ0) is 31.8. The Kier molecular flexibility index (Phi) is 8.45. The van der Waals surface area contributed by atoms with Gasteiger partial charge in [-0.05, 0) is 65.6 Å². The number of anilines is 1. The van der Waals surface area contributed by atoms with Gasteiger partial charge in [0.05, 0.1) is 17.2 Å². The van der Waals surface area contributed by atoms with E-state index in [0.717, 1.165) is 43.8 Å². The Morgan fingerprint density at radius 1 is 0.822 bits per heavy atom. The van der Waals surface area contributed by atoms with E-state index >= 15 is 0 Å². The first-order valence-corrected chi connectivity index (χ1v) is 18.0. The summed E-state index contributed by atoms with van der Waals surface area (Å²) in [5.74, 6) is 0.997. The number of nitrogens with zero attached hydrogens (tertiary/aromatic N) is 1. The molecule has 4 aromatic carbocycles. The highest BCUT2D eigenvalue weighted by atomic mass is 32.2. The first-order chi connectivity index (χ1) is 21.5. The molecule has 0 saturated heterocycles. The number of hydrogen-bond donors (Lipinski definition) is 2. The third-order valence-electron chi connectivity index (χ3n) is 7.97. The number of ether oxygens (including phenoxy) is 1. The topological polar surface area (TPSA) is 134 Å². The van der Waals surface area contributed by atoms with E-state index in [1.165, 1.54) is 0 Å². The van der Waals surface area contributed by atoms with Crippen LogP contribution < -0.4 is 9.64 Å². The molecule has 0 radical (unpaired) electrons. The molecule has 2 N–H and O–H groups in total. The summed E-state index contributed by atoms with van der Waals surface area (Å²) in [6.45, 7) is 2.29. The molecular weight excluding hydrogens is 615 g/mol. The lowest BCUT2D eigenvalue weighted by atomic mass is 9.99.